The number of rotatable bonds is 9. The zero-order chi connectivity index (χ0) is 20.6. The Morgan fingerprint density at radius 3 is 2.52 bits per heavy atom. The third-order valence-electron chi connectivity index (χ3n) is 5.21. The van der Waals surface area contributed by atoms with Crippen molar-refractivity contribution in [2.24, 2.45) is 0 Å². The van der Waals surface area contributed by atoms with Gasteiger partial charge < -0.3 is 19.5 Å². The van der Waals surface area contributed by atoms with E-state index in [0.29, 0.717) is 24.5 Å². The zero-order valence-electron chi connectivity index (χ0n) is 17.6. The molecule has 0 heterocycles. The number of hydrogen-bond donors (Lipinski definition) is 1. The van der Waals surface area contributed by atoms with Crippen LogP contribution in [0.4, 0.5) is 0 Å². The van der Waals surface area contributed by atoms with E-state index in [1.165, 1.54) is 24.0 Å². The van der Waals surface area contributed by atoms with Crippen molar-refractivity contribution in [1.82, 2.24) is 5.32 Å². The Hall–Kier alpha value is -2.69. The summed E-state index contributed by atoms with van der Waals surface area (Å²) in [4.78, 5) is 12.7. The number of methoxy groups -OCH3 is 1. The van der Waals surface area contributed by atoms with Crippen molar-refractivity contribution in [2.75, 3.05) is 13.7 Å². The first kappa shape index (κ1) is 21.0. The molecule has 5 heteroatoms. The van der Waals surface area contributed by atoms with Crippen LogP contribution in [-0.4, -0.2) is 31.8 Å². The molecule has 0 spiro atoms. The molecule has 2 atom stereocenters. The van der Waals surface area contributed by atoms with Gasteiger partial charge in [0, 0.05) is 0 Å². The molecule has 5 nitrogen and oxygen atoms in total. The largest absolute Gasteiger partial charge is 0.493 e. The fraction of sp³-hybridized carbons (Fsp3) is 0.458. The van der Waals surface area contributed by atoms with Crippen LogP contribution in [-0.2, 0) is 17.6 Å². The molecule has 0 aromatic heterocycles. The average Bonchev–Trinajstić information content (AvgIpc) is 2.76. The molecule has 0 radical (unpaired) electrons. The van der Waals surface area contributed by atoms with E-state index in [-0.39, 0.29) is 11.9 Å². The molecule has 0 saturated carbocycles. The third-order valence-corrected chi connectivity index (χ3v) is 5.21. The van der Waals surface area contributed by atoms with Crippen LogP contribution in [0.5, 0.6) is 17.2 Å². The van der Waals surface area contributed by atoms with E-state index in [9.17, 15) is 4.79 Å². The maximum atomic E-state index is 12.7. The second-order valence-electron chi connectivity index (χ2n) is 7.52. The Bertz CT molecular complexity index is 820. The molecule has 1 amide bonds. The summed E-state index contributed by atoms with van der Waals surface area (Å²) in [6.45, 7) is 4.22. The van der Waals surface area contributed by atoms with E-state index < -0.39 is 6.10 Å². The lowest BCUT2D eigenvalue weighted by Gasteiger charge is -2.22. The van der Waals surface area contributed by atoms with Gasteiger partial charge in [0.2, 0.25) is 0 Å². The molecule has 1 N–H and O–H groups in total. The molecule has 3 rings (SSSR count). The predicted octanol–water partition coefficient (Wildman–Crippen LogP) is 4.32. The molecule has 0 unspecified atom stereocenters. The van der Waals surface area contributed by atoms with E-state index >= 15 is 0 Å². The predicted molar refractivity (Wildman–Crippen MR) is 114 cm³/mol. The summed E-state index contributed by atoms with van der Waals surface area (Å²) in [5, 5.41) is 2.99. The highest BCUT2D eigenvalue weighted by Gasteiger charge is 2.21. The van der Waals surface area contributed by atoms with Crippen LogP contribution < -0.4 is 19.5 Å². The highest BCUT2D eigenvalue weighted by molar-refractivity contribution is 5.81. The van der Waals surface area contributed by atoms with Crippen LogP contribution in [0, 0.1) is 0 Å². The molecular formula is C24H31NO4. The minimum atomic E-state index is -0.523. The fourth-order valence-corrected chi connectivity index (χ4v) is 3.60. The average molecular weight is 398 g/mol. The number of carbonyl (C=O) groups excluding carboxylic acids is 1. The Labute approximate surface area is 173 Å². The molecule has 1 aliphatic rings. The highest BCUT2D eigenvalue weighted by Crippen LogP contribution is 2.27. The Balaban J connectivity index is 1.53. The minimum Gasteiger partial charge on any atom is -0.493 e. The molecule has 0 fully saturated rings. The summed E-state index contributed by atoms with van der Waals surface area (Å²) >= 11 is 0. The van der Waals surface area contributed by atoms with Gasteiger partial charge in [0.05, 0.1) is 13.2 Å². The number of carbonyl (C=O) groups is 1. The number of benzene rings is 2. The van der Waals surface area contributed by atoms with Crippen LogP contribution in [0.3, 0.4) is 0 Å². The van der Waals surface area contributed by atoms with Gasteiger partial charge in [-0.25, -0.2) is 0 Å². The van der Waals surface area contributed by atoms with E-state index in [1.807, 2.05) is 44.2 Å². The first-order chi connectivity index (χ1) is 14.1. The van der Waals surface area contributed by atoms with E-state index in [0.717, 1.165) is 18.6 Å². The quantitative estimate of drug-likeness (QED) is 0.685. The second kappa shape index (κ2) is 10.2. The monoisotopic (exact) mass is 397 g/mol. The summed E-state index contributed by atoms with van der Waals surface area (Å²) in [6, 6.07) is 13.5. The number of ether oxygens (including phenoxy) is 3. The lowest BCUT2D eigenvalue weighted by atomic mass is 9.92. The molecule has 0 saturated heterocycles. The van der Waals surface area contributed by atoms with Gasteiger partial charge in [0.25, 0.3) is 5.91 Å². The normalized spacial score (nSPS) is 15.0. The van der Waals surface area contributed by atoms with Crippen molar-refractivity contribution < 1.29 is 19.0 Å². The van der Waals surface area contributed by atoms with E-state index in [2.05, 4.69) is 17.4 Å². The van der Waals surface area contributed by atoms with Gasteiger partial charge in [0.1, 0.15) is 12.4 Å². The number of fused-ring (bicyclic) bond motifs is 1. The number of amides is 1. The van der Waals surface area contributed by atoms with E-state index in [1.54, 1.807) is 7.11 Å². The lowest BCUT2D eigenvalue weighted by Crippen LogP contribution is -2.44. The Morgan fingerprint density at radius 2 is 1.79 bits per heavy atom. The van der Waals surface area contributed by atoms with Crippen molar-refractivity contribution >= 4 is 5.91 Å². The maximum absolute atomic E-state index is 12.7. The van der Waals surface area contributed by atoms with Gasteiger partial charge >= 0.3 is 0 Å². The molecule has 29 heavy (non-hydrogen) atoms. The molecule has 156 valence electrons. The van der Waals surface area contributed by atoms with Crippen LogP contribution >= 0.6 is 0 Å². The molecule has 0 aliphatic heterocycles. The molecule has 0 bridgehead atoms. The van der Waals surface area contributed by atoms with E-state index in [4.69, 9.17) is 14.2 Å². The topological polar surface area (TPSA) is 56.8 Å². The van der Waals surface area contributed by atoms with Gasteiger partial charge in [-0.1, -0.05) is 25.1 Å². The van der Waals surface area contributed by atoms with Crippen LogP contribution in [0.15, 0.2) is 42.5 Å². The van der Waals surface area contributed by atoms with Gasteiger partial charge in [0.15, 0.2) is 17.6 Å². The lowest BCUT2D eigenvalue weighted by molar-refractivity contribution is -0.128. The van der Waals surface area contributed by atoms with Crippen LogP contribution in [0.2, 0.25) is 0 Å². The van der Waals surface area contributed by atoms with Crippen molar-refractivity contribution in [2.45, 2.75) is 58.1 Å². The smallest absolute Gasteiger partial charge is 0.261 e. The van der Waals surface area contributed by atoms with Gasteiger partial charge in [-0.2, -0.15) is 0 Å². The first-order valence-corrected chi connectivity index (χ1v) is 10.4. The number of hydrogen-bond acceptors (Lipinski definition) is 4. The summed E-state index contributed by atoms with van der Waals surface area (Å²) in [7, 11) is 1.61. The number of nitrogens with one attached hydrogen (secondary N) is 1. The minimum absolute atomic E-state index is 0.124. The summed E-state index contributed by atoms with van der Waals surface area (Å²) in [5.74, 6) is 1.98. The van der Waals surface area contributed by atoms with Crippen LogP contribution in [0.1, 0.15) is 44.2 Å². The second-order valence-corrected chi connectivity index (χ2v) is 7.52. The molecule has 2 aromatic carbocycles. The first-order valence-electron chi connectivity index (χ1n) is 10.4. The summed E-state index contributed by atoms with van der Waals surface area (Å²) in [6.07, 6.45) is 4.78. The fourth-order valence-electron chi connectivity index (χ4n) is 3.60. The van der Waals surface area contributed by atoms with Gasteiger partial charge in [-0.05, 0) is 74.4 Å². The van der Waals surface area contributed by atoms with Crippen molar-refractivity contribution in [1.29, 1.82) is 0 Å². The van der Waals surface area contributed by atoms with Crippen molar-refractivity contribution in [3.63, 3.8) is 0 Å². The Morgan fingerprint density at radius 1 is 1.07 bits per heavy atom. The standard InChI is InChI=1S/C24H31NO4/c1-4-21(29-20-14-13-18-9-5-6-10-19(18)15-20)24(26)25-17(2)16-28-23-12-8-7-11-22(23)27-3/h7-8,11-15,17,21H,4-6,9-10,16H2,1-3H3,(H,25,26)/t17-,21-/m1/s1. The van der Waals surface area contributed by atoms with Crippen molar-refractivity contribution in [3.05, 3.63) is 53.6 Å². The van der Waals surface area contributed by atoms with Crippen molar-refractivity contribution in [3.8, 4) is 17.2 Å². The zero-order valence-corrected chi connectivity index (χ0v) is 17.6. The molecule has 1 aliphatic carbocycles. The number of aryl methyl sites for hydroxylation is 2. The van der Waals surface area contributed by atoms with Crippen LogP contribution in [0.25, 0.3) is 0 Å². The number of para-hydroxylation sites is 2. The van der Waals surface area contributed by atoms with Gasteiger partial charge in [-0.15, -0.1) is 0 Å². The van der Waals surface area contributed by atoms with Gasteiger partial charge in [-0.3, -0.25) is 4.79 Å². The maximum Gasteiger partial charge on any atom is 0.261 e. The Kier molecular flexibility index (Phi) is 7.39. The summed E-state index contributed by atoms with van der Waals surface area (Å²) < 4.78 is 17.1. The summed E-state index contributed by atoms with van der Waals surface area (Å²) in [5.41, 5.74) is 2.76. The third kappa shape index (κ3) is 5.66. The molecular weight excluding hydrogens is 366 g/mol. The highest BCUT2D eigenvalue weighted by atomic mass is 16.5. The SMILES string of the molecule is CC[C@@H](Oc1ccc2c(c1)CCCC2)C(=O)N[C@H](C)COc1ccccc1OC. The molecule has 2 aromatic rings.